The molecule has 0 bridgehead atoms. The standard InChI is InChI=1S/C15H15N3O/c1-3-18(14-9-13(19)5-4-11(14)2)15-8-12(10-16)6-7-17-15/h4-9,19H,3H2,1-2H3. The number of rotatable bonds is 3. The van der Waals surface area contributed by atoms with Gasteiger partial charge in [-0.25, -0.2) is 4.98 Å². The number of nitriles is 1. The lowest BCUT2D eigenvalue weighted by atomic mass is 10.1. The molecule has 0 saturated heterocycles. The van der Waals surface area contributed by atoms with Crippen LogP contribution in [0.25, 0.3) is 0 Å². The summed E-state index contributed by atoms with van der Waals surface area (Å²) in [4.78, 5) is 6.27. The van der Waals surface area contributed by atoms with Crippen molar-refractivity contribution in [1.29, 1.82) is 5.26 Å². The lowest BCUT2D eigenvalue weighted by Gasteiger charge is -2.24. The molecule has 96 valence electrons. The number of aromatic hydroxyl groups is 1. The average molecular weight is 253 g/mol. The zero-order valence-electron chi connectivity index (χ0n) is 11.0. The SMILES string of the molecule is CCN(c1cc(C#N)ccn1)c1cc(O)ccc1C. The second-order valence-electron chi connectivity index (χ2n) is 4.23. The van der Waals surface area contributed by atoms with E-state index in [1.807, 2.05) is 24.8 Å². The zero-order chi connectivity index (χ0) is 13.8. The average Bonchev–Trinajstić information content (AvgIpc) is 2.44. The molecule has 0 atom stereocenters. The molecule has 1 aromatic carbocycles. The maximum absolute atomic E-state index is 9.63. The molecule has 2 rings (SSSR count). The molecule has 0 aliphatic rings. The number of aryl methyl sites for hydroxylation is 1. The van der Waals surface area contributed by atoms with Crippen LogP contribution in [0.15, 0.2) is 36.5 Å². The maximum Gasteiger partial charge on any atom is 0.134 e. The monoisotopic (exact) mass is 253 g/mol. The van der Waals surface area contributed by atoms with Crippen molar-refractivity contribution in [2.45, 2.75) is 13.8 Å². The van der Waals surface area contributed by atoms with Crippen molar-refractivity contribution in [2.24, 2.45) is 0 Å². The maximum atomic E-state index is 9.63. The molecule has 4 heteroatoms. The van der Waals surface area contributed by atoms with Crippen LogP contribution in [0.3, 0.4) is 0 Å². The number of benzene rings is 1. The number of pyridine rings is 1. The molecule has 0 radical (unpaired) electrons. The molecule has 0 amide bonds. The van der Waals surface area contributed by atoms with Crippen molar-refractivity contribution in [3.63, 3.8) is 0 Å². The Morgan fingerprint density at radius 2 is 2.11 bits per heavy atom. The van der Waals surface area contributed by atoms with Crippen LogP contribution in [0.2, 0.25) is 0 Å². The van der Waals surface area contributed by atoms with Crippen LogP contribution in [-0.4, -0.2) is 16.6 Å². The first kappa shape index (κ1) is 12.9. The van der Waals surface area contributed by atoms with Crippen LogP contribution in [0.5, 0.6) is 5.75 Å². The van der Waals surface area contributed by atoms with Crippen molar-refractivity contribution >= 4 is 11.5 Å². The van der Waals surface area contributed by atoms with Gasteiger partial charge in [-0.1, -0.05) is 6.07 Å². The van der Waals surface area contributed by atoms with Gasteiger partial charge in [0.15, 0.2) is 0 Å². The summed E-state index contributed by atoms with van der Waals surface area (Å²) in [7, 11) is 0. The van der Waals surface area contributed by atoms with Crippen molar-refractivity contribution in [1.82, 2.24) is 4.98 Å². The van der Waals surface area contributed by atoms with Gasteiger partial charge >= 0.3 is 0 Å². The number of hydrogen-bond donors (Lipinski definition) is 1. The number of phenolic OH excluding ortho intramolecular Hbond substituents is 1. The Morgan fingerprint density at radius 1 is 1.32 bits per heavy atom. The van der Waals surface area contributed by atoms with Gasteiger partial charge in [0.25, 0.3) is 0 Å². The minimum absolute atomic E-state index is 0.218. The van der Waals surface area contributed by atoms with Gasteiger partial charge in [0, 0.05) is 24.5 Å². The lowest BCUT2D eigenvalue weighted by Crippen LogP contribution is -2.18. The summed E-state index contributed by atoms with van der Waals surface area (Å²) in [6, 6.07) is 10.8. The predicted molar refractivity (Wildman–Crippen MR) is 74.5 cm³/mol. The number of aromatic nitrogens is 1. The predicted octanol–water partition coefficient (Wildman–Crippen LogP) is 3.13. The molecule has 0 aliphatic carbocycles. The Balaban J connectivity index is 2.50. The quantitative estimate of drug-likeness (QED) is 0.913. The highest BCUT2D eigenvalue weighted by Gasteiger charge is 2.12. The fourth-order valence-electron chi connectivity index (χ4n) is 1.98. The molecule has 0 aliphatic heterocycles. The smallest absolute Gasteiger partial charge is 0.134 e. The van der Waals surface area contributed by atoms with Crippen LogP contribution in [0.1, 0.15) is 18.1 Å². The third-order valence-corrected chi connectivity index (χ3v) is 2.95. The van der Waals surface area contributed by atoms with E-state index < -0.39 is 0 Å². The summed E-state index contributed by atoms with van der Waals surface area (Å²) in [5.41, 5.74) is 2.51. The summed E-state index contributed by atoms with van der Waals surface area (Å²) in [6.45, 7) is 4.68. The van der Waals surface area contributed by atoms with Crippen molar-refractivity contribution in [2.75, 3.05) is 11.4 Å². The Morgan fingerprint density at radius 3 is 2.79 bits per heavy atom. The van der Waals surface area contributed by atoms with E-state index in [1.165, 1.54) is 0 Å². The summed E-state index contributed by atoms with van der Waals surface area (Å²) >= 11 is 0. The van der Waals surface area contributed by atoms with Crippen molar-refractivity contribution in [3.8, 4) is 11.8 Å². The van der Waals surface area contributed by atoms with Crippen LogP contribution in [0, 0.1) is 18.3 Å². The van der Waals surface area contributed by atoms with E-state index in [4.69, 9.17) is 5.26 Å². The minimum Gasteiger partial charge on any atom is -0.508 e. The molecule has 0 unspecified atom stereocenters. The zero-order valence-corrected chi connectivity index (χ0v) is 11.0. The van der Waals surface area contributed by atoms with Gasteiger partial charge in [-0.15, -0.1) is 0 Å². The van der Waals surface area contributed by atoms with E-state index in [-0.39, 0.29) is 5.75 Å². The highest BCUT2D eigenvalue weighted by atomic mass is 16.3. The summed E-state index contributed by atoms with van der Waals surface area (Å²) < 4.78 is 0. The fourth-order valence-corrected chi connectivity index (χ4v) is 1.98. The Hall–Kier alpha value is -2.54. The molecule has 1 heterocycles. The Kier molecular flexibility index (Phi) is 3.67. The van der Waals surface area contributed by atoms with E-state index in [9.17, 15) is 5.11 Å². The Labute approximate surface area is 112 Å². The third-order valence-electron chi connectivity index (χ3n) is 2.95. The van der Waals surface area contributed by atoms with Gasteiger partial charge in [-0.3, -0.25) is 0 Å². The topological polar surface area (TPSA) is 60.2 Å². The molecule has 1 N–H and O–H groups in total. The number of nitrogens with zero attached hydrogens (tertiary/aromatic N) is 3. The molecule has 1 aromatic heterocycles. The van der Waals surface area contributed by atoms with Crippen molar-refractivity contribution < 1.29 is 5.11 Å². The summed E-state index contributed by atoms with van der Waals surface area (Å²) in [6.07, 6.45) is 1.62. The van der Waals surface area contributed by atoms with E-state index in [2.05, 4.69) is 11.1 Å². The van der Waals surface area contributed by atoms with Gasteiger partial charge in [0.1, 0.15) is 11.6 Å². The lowest BCUT2D eigenvalue weighted by molar-refractivity contribution is 0.475. The third kappa shape index (κ3) is 2.66. The molecular formula is C15H15N3O. The molecule has 0 fully saturated rings. The molecular weight excluding hydrogens is 238 g/mol. The van der Waals surface area contributed by atoms with E-state index >= 15 is 0 Å². The van der Waals surface area contributed by atoms with Crippen LogP contribution in [0.4, 0.5) is 11.5 Å². The van der Waals surface area contributed by atoms with E-state index in [1.54, 1.807) is 30.5 Å². The van der Waals surface area contributed by atoms with Gasteiger partial charge < -0.3 is 10.0 Å². The normalized spacial score (nSPS) is 9.95. The van der Waals surface area contributed by atoms with Crippen LogP contribution in [-0.2, 0) is 0 Å². The van der Waals surface area contributed by atoms with Gasteiger partial charge in [0.2, 0.25) is 0 Å². The first-order valence-electron chi connectivity index (χ1n) is 6.09. The largest absolute Gasteiger partial charge is 0.508 e. The molecule has 0 saturated carbocycles. The molecule has 0 spiro atoms. The highest BCUT2D eigenvalue weighted by molar-refractivity contribution is 5.66. The first-order chi connectivity index (χ1) is 9.15. The van der Waals surface area contributed by atoms with E-state index in [0.29, 0.717) is 17.9 Å². The van der Waals surface area contributed by atoms with Gasteiger partial charge in [-0.05, 0) is 37.6 Å². The van der Waals surface area contributed by atoms with Crippen molar-refractivity contribution in [3.05, 3.63) is 47.7 Å². The molecule has 4 nitrogen and oxygen atoms in total. The first-order valence-corrected chi connectivity index (χ1v) is 6.09. The molecule has 19 heavy (non-hydrogen) atoms. The second-order valence-corrected chi connectivity index (χ2v) is 4.23. The van der Waals surface area contributed by atoms with Gasteiger partial charge in [0.05, 0.1) is 11.6 Å². The van der Waals surface area contributed by atoms with Gasteiger partial charge in [-0.2, -0.15) is 5.26 Å². The second kappa shape index (κ2) is 5.40. The highest BCUT2D eigenvalue weighted by Crippen LogP contribution is 2.30. The fraction of sp³-hybridized carbons (Fsp3) is 0.200. The number of anilines is 2. The Bertz CT molecular complexity index is 632. The number of hydrogen-bond acceptors (Lipinski definition) is 4. The summed E-state index contributed by atoms with van der Waals surface area (Å²) in [5.74, 6) is 0.922. The van der Waals surface area contributed by atoms with E-state index in [0.717, 1.165) is 11.3 Å². The number of phenols is 1. The van der Waals surface area contributed by atoms with Crippen LogP contribution >= 0.6 is 0 Å². The van der Waals surface area contributed by atoms with Crippen LogP contribution < -0.4 is 4.90 Å². The minimum atomic E-state index is 0.218. The molecule has 2 aromatic rings. The summed E-state index contributed by atoms with van der Waals surface area (Å²) in [5, 5.41) is 18.6.